The highest BCUT2D eigenvalue weighted by atomic mass is 35.5. The lowest BCUT2D eigenvalue weighted by atomic mass is 10.0. The number of carbonyl (C=O) groups excluding carboxylic acids is 1. The number of amides is 1. The molecule has 1 amide bonds. The Labute approximate surface area is 125 Å². The molecule has 0 spiro atoms. The number of halogens is 2. The highest BCUT2D eigenvalue weighted by molar-refractivity contribution is 6.35. The minimum absolute atomic E-state index is 0.150. The van der Waals surface area contributed by atoms with Crippen LogP contribution < -0.4 is 10.6 Å². The Morgan fingerprint density at radius 2 is 2.25 bits per heavy atom. The molecule has 0 radical (unpaired) electrons. The third-order valence-electron chi connectivity index (χ3n) is 3.23. The summed E-state index contributed by atoms with van der Waals surface area (Å²) in [5.74, 6) is -0.150. The second-order valence-electron chi connectivity index (χ2n) is 4.58. The third-order valence-corrected chi connectivity index (χ3v) is 3.80. The van der Waals surface area contributed by atoms with Gasteiger partial charge in [0.05, 0.1) is 34.5 Å². The van der Waals surface area contributed by atoms with Crippen LogP contribution >= 0.6 is 23.2 Å². The van der Waals surface area contributed by atoms with E-state index in [-0.39, 0.29) is 11.9 Å². The molecule has 0 saturated carbocycles. The zero-order valence-corrected chi connectivity index (χ0v) is 11.9. The van der Waals surface area contributed by atoms with E-state index in [1.54, 1.807) is 24.5 Å². The molecule has 1 unspecified atom stereocenters. The van der Waals surface area contributed by atoms with Crippen molar-refractivity contribution < 1.29 is 4.79 Å². The predicted molar refractivity (Wildman–Crippen MR) is 78.0 cm³/mol. The number of hydrogen-bond acceptors (Lipinski definition) is 3. The SMILES string of the molecule is O=C(Nc1cc(Cl)ccc1Cl)C1Cc2nc[nH]c2CN1. The van der Waals surface area contributed by atoms with Gasteiger partial charge in [0, 0.05) is 18.0 Å². The summed E-state index contributed by atoms with van der Waals surface area (Å²) in [5, 5.41) is 6.93. The molecule has 1 aromatic carbocycles. The Hall–Kier alpha value is -1.56. The van der Waals surface area contributed by atoms with Crippen molar-refractivity contribution in [2.24, 2.45) is 0 Å². The van der Waals surface area contributed by atoms with Crippen molar-refractivity contribution in [3.63, 3.8) is 0 Å². The van der Waals surface area contributed by atoms with E-state index < -0.39 is 0 Å². The van der Waals surface area contributed by atoms with Gasteiger partial charge in [0.2, 0.25) is 5.91 Å². The quantitative estimate of drug-likeness (QED) is 0.797. The highest BCUT2D eigenvalue weighted by Gasteiger charge is 2.26. The summed E-state index contributed by atoms with van der Waals surface area (Å²) >= 11 is 11.9. The maximum atomic E-state index is 12.2. The fraction of sp³-hybridized carbons (Fsp3) is 0.231. The Morgan fingerprint density at radius 3 is 3.10 bits per heavy atom. The van der Waals surface area contributed by atoms with Gasteiger partial charge in [-0.1, -0.05) is 23.2 Å². The topological polar surface area (TPSA) is 69.8 Å². The number of hydrogen-bond donors (Lipinski definition) is 3. The van der Waals surface area contributed by atoms with E-state index in [9.17, 15) is 4.79 Å². The minimum Gasteiger partial charge on any atom is -0.347 e. The molecule has 0 saturated heterocycles. The number of nitrogens with one attached hydrogen (secondary N) is 3. The number of carbonyl (C=O) groups is 1. The van der Waals surface area contributed by atoms with Gasteiger partial charge in [0.1, 0.15) is 0 Å². The van der Waals surface area contributed by atoms with E-state index >= 15 is 0 Å². The van der Waals surface area contributed by atoms with Crippen LogP contribution in [-0.2, 0) is 17.8 Å². The molecule has 104 valence electrons. The Kier molecular flexibility index (Phi) is 3.65. The summed E-state index contributed by atoms with van der Waals surface area (Å²) in [7, 11) is 0. The van der Waals surface area contributed by atoms with Gasteiger partial charge in [-0.25, -0.2) is 4.98 Å². The van der Waals surface area contributed by atoms with E-state index in [0.29, 0.717) is 28.7 Å². The molecule has 1 aliphatic rings. The molecular weight excluding hydrogens is 299 g/mol. The summed E-state index contributed by atoms with van der Waals surface area (Å²) in [6, 6.07) is 4.62. The summed E-state index contributed by atoms with van der Waals surface area (Å²) in [4.78, 5) is 19.5. The summed E-state index contributed by atoms with van der Waals surface area (Å²) in [6.45, 7) is 0.594. The number of nitrogens with zero attached hydrogens (tertiary/aromatic N) is 1. The fourth-order valence-electron chi connectivity index (χ4n) is 2.17. The van der Waals surface area contributed by atoms with Gasteiger partial charge in [-0.15, -0.1) is 0 Å². The Balaban J connectivity index is 1.73. The van der Waals surface area contributed by atoms with Gasteiger partial charge in [-0.2, -0.15) is 0 Å². The van der Waals surface area contributed by atoms with E-state index in [1.807, 2.05) is 0 Å². The van der Waals surface area contributed by atoms with E-state index in [4.69, 9.17) is 23.2 Å². The molecule has 1 aliphatic heterocycles. The average molecular weight is 311 g/mol. The first-order valence-electron chi connectivity index (χ1n) is 6.14. The predicted octanol–water partition coefficient (Wildman–Crippen LogP) is 2.37. The van der Waals surface area contributed by atoms with Crippen LogP contribution in [0, 0.1) is 0 Å². The normalized spacial score (nSPS) is 17.6. The van der Waals surface area contributed by atoms with Crippen LogP contribution in [0.25, 0.3) is 0 Å². The van der Waals surface area contributed by atoms with Crippen molar-refractivity contribution >= 4 is 34.8 Å². The van der Waals surface area contributed by atoms with Crippen molar-refractivity contribution in [2.75, 3.05) is 5.32 Å². The van der Waals surface area contributed by atoms with E-state index in [2.05, 4.69) is 20.6 Å². The van der Waals surface area contributed by atoms with Gasteiger partial charge < -0.3 is 10.3 Å². The fourth-order valence-corrected chi connectivity index (χ4v) is 2.50. The number of aromatic nitrogens is 2. The van der Waals surface area contributed by atoms with Gasteiger partial charge >= 0.3 is 0 Å². The average Bonchev–Trinajstić information content (AvgIpc) is 2.90. The Bertz CT molecular complexity index is 656. The summed E-state index contributed by atoms with van der Waals surface area (Å²) < 4.78 is 0. The molecule has 3 N–H and O–H groups in total. The van der Waals surface area contributed by atoms with Gasteiger partial charge in [0.25, 0.3) is 0 Å². The molecular formula is C13H12Cl2N4O. The van der Waals surface area contributed by atoms with Crippen LogP contribution in [0.1, 0.15) is 11.4 Å². The van der Waals surface area contributed by atoms with Crippen LogP contribution in [-0.4, -0.2) is 21.9 Å². The monoisotopic (exact) mass is 310 g/mol. The first kappa shape index (κ1) is 13.4. The lowest BCUT2D eigenvalue weighted by molar-refractivity contribution is -0.118. The lowest BCUT2D eigenvalue weighted by Crippen LogP contribution is -2.44. The van der Waals surface area contributed by atoms with E-state index in [0.717, 1.165) is 11.4 Å². The molecule has 2 heterocycles. The van der Waals surface area contributed by atoms with Gasteiger partial charge in [0.15, 0.2) is 0 Å². The van der Waals surface area contributed by atoms with Crippen molar-refractivity contribution in [3.8, 4) is 0 Å². The van der Waals surface area contributed by atoms with Crippen LogP contribution in [0.15, 0.2) is 24.5 Å². The number of imidazole rings is 1. The van der Waals surface area contributed by atoms with E-state index in [1.165, 1.54) is 0 Å². The maximum Gasteiger partial charge on any atom is 0.241 e. The molecule has 20 heavy (non-hydrogen) atoms. The molecule has 0 aliphatic carbocycles. The Morgan fingerprint density at radius 1 is 1.40 bits per heavy atom. The first-order chi connectivity index (χ1) is 9.63. The second-order valence-corrected chi connectivity index (χ2v) is 5.42. The zero-order chi connectivity index (χ0) is 14.1. The zero-order valence-electron chi connectivity index (χ0n) is 10.4. The maximum absolute atomic E-state index is 12.2. The number of anilines is 1. The van der Waals surface area contributed by atoms with Crippen molar-refractivity contribution in [3.05, 3.63) is 46.0 Å². The smallest absolute Gasteiger partial charge is 0.241 e. The van der Waals surface area contributed by atoms with Crippen LogP contribution in [0.5, 0.6) is 0 Å². The van der Waals surface area contributed by atoms with Crippen molar-refractivity contribution in [1.29, 1.82) is 0 Å². The van der Waals surface area contributed by atoms with Crippen molar-refractivity contribution in [1.82, 2.24) is 15.3 Å². The van der Waals surface area contributed by atoms with Gasteiger partial charge in [-0.3, -0.25) is 10.1 Å². The van der Waals surface area contributed by atoms with Crippen LogP contribution in [0.2, 0.25) is 10.0 Å². The van der Waals surface area contributed by atoms with Gasteiger partial charge in [-0.05, 0) is 18.2 Å². The minimum atomic E-state index is -0.333. The van der Waals surface area contributed by atoms with Crippen molar-refractivity contribution in [2.45, 2.75) is 19.0 Å². The molecule has 1 aromatic heterocycles. The molecule has 0 bridgehead atoms. The number of H-pyrrole nitrogens is 1. The number of fused-ring (bicyclic) bond motifs is 1. The van der Waals surface area contributed by atoms with Crippen LogP contribution in [0.4, 0.5) is 5.69 Å². The largest absolute Gasteiger partial charge is 0.347 e. The lowest BCUT2D eigenvalue weighted by Gasteiger charge is -2.22. The third kappa shape index (κ3) is 2.65. The number of aromatic amines is 1. The standard InChI is InChI=1S/C13H12Cl2N4O/c14-7-1-2-8(15)9(3-7)19-13(20)11-4-10-12(5-16-11)18-6-17-10/h1-3,6,11,16H,4-5H2,(H,17,18)(H,19,20). The molecule has 3 rings (SSSR count). The molecule has 7 heteroatoms. The molecule has 5 nitrogen and oxygen atoms in total. The highest BCUT2D eigenvalue weighted by Crippen LogP contribution is 2.26. The second kappa shape index (κ2) is 5.44. The number of benzene rings is 1. The first-order valence-corrected chi connectivity index (χ1v) is 6.89. The summed E-state index contributed by atoms with van der Waals surface area (Å²) in [5.41, 5.74) is 2.45. The summed E-state index contributed by atoms with van der Waals surface area (Å²) in [6.07, 6.45) is 2.18. The van der Waals surface area contributed by atoms with Crippen LogP contribution in [0.3, 0.4) is 0 Å². The molecule has 1 atom stereocenters. The molecule has 0 fully saturated rings. The molecule has 2 aromatic rings. The number of rotatable bonds is 2.